The van der Waals surface area contributed by atoms with Crippen LogP contribution in [0.4, 0.5) is 0 Å². The maximum absolute atomic E-state index is 6.51. The van der Waals surface area contributed by atoms with Crippen molar-refractivity contribution in [3.05, 3.63) is 114 Å². The van der Waals surface area contributed by atoms with Crippen molar-refractivity contribution in [2.24, 2.45) is 0 Å². The van der Waals surface area contributed by atoms with E-state index in [1.54, 1.807) is 0 Å². The third-order valence-electron chi connectivity index (χ3n) is 8.14. The van der Waals surface area contributed by atoms with Crippen LogP contribution in [-0.2, 0) is 0 Å². The number of aromatic nitrogens is 3. The van der Waals surface area contributed by atoms with Gasteiger partial charge in [-0.1, -0.05) is 88.4 Å². The molecule has 0 aliphatic heterocycles. The van der Waals surface area contributed by atoms with Gasteiger partial charge in [0.05, 0.1) is 16.8 Å². The van der Waals surface area contributed by atoms with Gasteiger partial charge in [-0.25, -0.2) is 9.97 Å². The molecule has 7 aromatic rings. The van der Waals surface area contributed by atoms with E-state index in [1.807, 2.05) is 18.3 Å². The number of aryl methyl sites for hydroxylation is 1. The first-order valence-electron chi connectivity index (χ1n) is 14.4. The van der Waals surface area contributed by atoms with Crippen LogP contribution in [0.5, 0.6) is 0 Å². The molecule has 0 aliphatic rings. The maximum atomic E-state index is 6.51. The highest BCUT2D eigenvalue weighted by atomic mass is 16.3. The Kier molecular flexibility index (Phi) is 6.01. The minimum atomic E-state index is 0.287. The standard InChI is InChI=1S/C37H33N3O/c1-22(2)30-20-26(25-12-7-6-8-13-25)21-31(23(3)4)34(30)40-33-24(5)18-19-38-36(33)39-37(40)29-16-11-15-28-27-14-9-10-17-32(27)41-35(28)29/h6-23H,1-5H3. The number of hydrogen-bond donors (Lipinski definition) is 0. The summed E-state index contributed by atoms with van der Waals surface area (Å²) in [5.41, 5.74) is 11.8. The molecule has 0 atom stereocenters. The Morgan fingerprint density at radius 1 is 0.707 bits per heavy atom. The lowest BCUT2D eigenvalue weighted by atomic mass is 9.88. The normalized spacial score (nSPS) is 12.0. The second kappa shape index (κ2) is 9.74. The van der Waals surface area contributed by atoms with Gasteiger partial charge in [-0.2, -0.15) is 0 Å². The highest BCUT2D eigenvalue weighted by Gasteiger charge is 2.26. The van der Waals surface area contributed by atoms with Crippen LogP contribution in [0.25, 0.3) is 61.3 Å². The molecule has 0 unspecified atom stereocenters. The highest BCUT2D eigenvalue weighted by molar-refractivity contribution is 6.09. The van der Waals surface area contributed by atoms with Gasteiger partial charge in [0.1, 0.15) is 11.2 Å². The Bertz CT molecular complexity index is 2030. The van der Waals surface area contributed by atoms with Crippen LogP contribution in [0, 0.1) is 6.92 Å². The first kappa shape index (κ1) is 25.3. The van der Waals surface area contributed by atoms with Gasteiger partial charge in [0.15, 0.2) is 11.5 Å². The smallest absolute Gasteiger partial charge is 0.178 e. The van der Waals surface area contributed by atoms with E-state index in [0.29, 0.717) is 0 Å². The summed E-state index contributed by atoms with van der Waals surface area (Å²) in [6, 6.07) is 32.1. The molecular formula is C37H33N3O. The fourth-order valence-electron chi connectivity index (χ4n) is 6.09. The van der Waals surface area contributed by atoms with Crippen molar-refractivity contribution in [1.82, 2.24) is 14.5 Å². The Morgan fingerprint density at radius 2 is 1.39 bits per heavy atom. The molecule has 0 amide bonds. The molecule has 0 saturated carbocycles. The van der Waals surface area contributed by atoms with Gasteiger partial charge < -0.3 is 4.42 Å². The third kappa shape index (κ3) is 4.05. The number of nitrogens with zero attached hydrogens (tertiary/aromatic N) is 3. The number of benzene rings is 4. The molecule has 4 aromatic carbocycles. The molecule has 0 spiro atoms. The fourth-order valence-corrected chi connectivity index (χ4v) is 6.09. The minimum Gasteiger partial charge on any atom is -0.455 e. The van der Waals surface area contributed by atoms with E-state index in [4.69, 9.17) is 14.4 Å². The molecule has 0 bridgehead atoms. The van der Waals surface area contributed by atoms with E-state index >= 15 is 0 Å². The SMILES string of the molecule is Cc1ccnc2nc(-c3cccc4c3oc3ccccc34)n(-c3c(C(C)C)cc(-c4ccccc4)cc3C(C)C)c12. The van der Waals surface area contributed by atoms with Crippen molar-refractivity contribution >= 4 is 33.1 Å². The Hall–Kier alpha value is -4.70. The molecule has 4 nitrogen and oxygen atoms in total. The fraction of sp³-hybridized carbons (Fsp3) is 0.189. The number of fused-ring (bicyclic) bond motifs is 4. The zero-order chi connectivity index (χ0) is 28.2. The van der Waals surface area contributed by atoms with Gasteiger partial charge in [0, 0.05) is 17.0 Å². The number of hydrogen-bond acceptors (Lipinski definition) is 3. The summed E-state index contributed by atoms with van der Waals surface area (Å²) in [4.78, 5) is 9.96. The molecule has 0 saturated heterocycles. The van der Waals surface area contributed by atoms with Crippen molar-refractivity contribution in [3.63, 3.8) is 0 Å². The Morgan fingerprint density at radius 3 is 2.12 bits per heavy atom. The van der Waals surface area contributed by atoms with Crippen molar-refractivity contribution in [1.29, 1.82) is 0 Å². The Labute approximate surface area is 240 Å². The van der Waals surface area contributed by atoms with Crippen LogP contribution in [0.15, 0.2) is 102 Å². The summed E-state index contributed by atoms with van der Waals surface area (Å²) >= 11 is 0. The maximum Gasteiger partial charge on any atom is 0.178 e. The number of para-hydroxylation sites is 2. The van der Waals surface area contributed by atoms with E-state index < -0.39 is 0 Å². The molecule has 7 rings (SSSR count). The average Bonchev–Trinajstić information content (AvgIpc) is 3.56. The Balaban J connectivity index is 1.62. The summed E-state index contributed by atoms with van der Waals surface area (Å²) < 4.78 is 8.87. The third-order valence-corrected chi connectivity index (χ3v) is 8.14. The van der Waals surface area contributed by atoms with Crippen LogP contribution in [-0.4, -0.2) is 14.5 Å². The number of furan rings is 1. The second-order valence-corrected chi connectivity index (χ2v) is 11.5. The lowest BCUT2D eigenvalue weighted by Crippen LogP contribution is -2.10. The van der Waals surface area contributed by atoms with E-state index in [-0.39, 0.29) is 11.8 Å². The molecule has 41 heavy (non-hydrogen) atoms. The predicted molar refractivity (Wildman–Crippen MR) is 170 cm³/mol. The molecule has 0 aliphatic carbocycles. The predicted octanol–water partition coefficient (Wildman–Crippen LogP) is 10.2. The van der Waals surface area contributed by atoms with Gasteiger partial charge in [-0.05, 0) is 76.9 Å². The zero-order valence-electron chi connectivity index (χ0n) is 24.1. The number of imidazole rings is 1. The molecular weight excluding hydrogens is 502 g/mol. The first-order chi connectivity index (χ1) is 19.9. The molecule has 4 heteroatoms. The van der Waals surface area contributed by atoms with Crippen LogP contribution in [0.2, 0.25) is 0 Å². The summed E-state index contributed by atoms with van der Waals surface area (Å²) in [6.07, 6.45) is 1.85. The molecule has 0 N–H and O–H groups in total. The van der Waals surface area contributed by atoms with Crippen LogP contribution in [0.3, 0.4) is 0 Å². The second-order valence-electron chi connectivity index (χ2n) is 11.5. The van der Waals surface area contributed by atoms with E-state index in [2.05, 4.69) is 118 Å². The molecule has 3 aromatic heterocycles. The van der Waals surface area contributed by atoms with Crippen molar-refractivity contribution in [3.8, 4) is 28.2 Å². The van der Waals surface area contributed by atoms with Crippen molar-refractivity contribution < 1.29 is 4.42 Å². The topological polar surface area (TPSA) is 43.9 Å². The van der Waals surface area contributed by atoms with Crippen LogP contribution in [0.1, 0.15) is 56.2 Å². The van der Waals surface area contributed by atoms with Crippen LogP contribution < -0.4 is 0 Å². The summed E-state index contributed by atoms with van der Waals surface area (Å²) in [6.45, 7) is 11.3. The van der Waals surface area contributed by atoms with E-state index in [1.165, 1.54) is 27.9 Å². The molecule has 0 radical (unpaired) electrons. The van der Waals surface area contributed by atoms with Gasteiger partial charge in [0.2, 0.25) is 0 Å². The minimum absolute atomic E-state index is 0.287. The van der Waals surface area contributed by atoms with Gasteiger partial charge in [-0.15, -0.1) is 0 Å². The van der Waals surface area contributed by atoms with Crippen molar-refractivity contribution in [2.75, 3.05) is 0 Å². The van der Waals surface area contributed by atoms with Crippen molar-refractivity contribution in [2.45, 2.75) is 46.5 Å². The summed E-state index contributed by atoms with van der Waals surface area (Å²) in [5.74, 6) is 1.42. The van der Waals surface area contributed by atoms with Crippen LogP contribution >= 0.6 is 0 Å². The average molecular weight is 536 g/mol. The lowest BCUT2D eigenvalue weighted by molar-refractivity contribution is 0.669. The molecule has 3 heterocycles. The van der Waals surface area contributed by atoms with Gasteiger partial charge in [0.25, 0.3) is 0 Å². The number of rotatable bonds is 5. The van der Waals surface area contributed by atoms with E-state index in [0.717, 1.165) is 50.1 Å². The largest absolute Gasteiger partial charge is 0.455 e. The molecule has 202 valence electrons. The van der Waals surface area contributed by atoms with Gasteiger partial charge in [-0.3, -0.25) is 4.57 Å². The summed E-state index contributed by atoms with van der Waals surface area (Å²) in [7, 11) is 0. The molecule has 0 fully saturated rings. The van der Waals surface area contributed by atoms with Gasteiger partial charge >= 0.3 is 0 Å². The quantitative estimate of drug-likeness (QED) is 0.220. The monoisotopic (exact) mass is 535 g/mol. The zero-order valence-corrected chi connectivity index (χ0v) is 24.1. The first-order valence-corrected chi connectivity index (χ1v) is 14.4. The lowest BCUT2D eigenvalue weighted by Gasteiger charge is -2.24. The number of pyridine rings is 1. The van der Waals surface area contributed by atoms with E-state index in [9.17, 15) is 0 Å². The highest BCUT2D eigenvalue weighted by Crippen LogP contribution is 2.42. The summed E-state index contributed by atoms with van der Waals surface area (Å²) in [5, 5.41) is 2.20.